The van der Waals surface area contributed by atoms with Gasteiger partial charge < -0.3 is 10.1 Å². The number of rotatable bonds is 4. The van der Waals surface area contributed by atoms with Gasteiger partial charge in [0.1, 0.15) is 5.75 Å². The van der Waals surface area contributed by atoms with E-state index in [0.29, 0.717) is 16.7 Å². The molecule has 1 saturated carbocycles. The van der Waals surface area contributed by atoms with Crippen LogP contribution < -0.4 is 10.1 Å². The van der Waals surface area contributed by atoms with Gasteiger partial charge in [-0.05, 0) is 52.9 Å². The normalized spacial score (nSPS) is 22.4. The van der Waals surface area contributed by atoms with E-state index in [1.54, 1.807) is 18.2 Å². The van der Waals surface area contributed by atoms with Gasteiger partial charge in [0.2, 0.25) is 0 Å². The van der Waals surface area contributed by atoms with Gasteiger partial charge in [-0.1, -0.05) is 31.4 Å². The largest absolute Gasteiger partial charge is 0.483 e. The van der Waals surface area contributed by atoms with Crippen molar-refractivity contribution >= 4 is 33.4 Å². The van der Waals surface area contributed by atoms with Crippen LogP contribution in [-0.2, 0) is 4.79 Å². The zero-order valence-corrected chi connectivity index (χ0v) is 13.8. The standard InChI is InChI=1S/C15H19BrClNO2/c1-10-4-2-3-5-13(10)18-15(19)9-20-14-7-6-11(17)8-12(14)16/h6-8,10,13H,2-5,9H2,1H3,(H,18,19)/t10-,13-/m0/s1. The molecule has 0 saturated heterocycles. The highest BCUT2D eigenvalue weighted by Gasteiger charge is 2.22. The molecule has 0 aliphatic heterocycles. The summed E-state index contributed by atoms with van der Waals surface area (Å²) < 4.78 is 6.27. The Bertz CT molecular complexity index is 481. The van der Waals surface area contributed by atoms with Gasteiger partial charge in [-0.3, -0.25) is 4.79 Å². The quantitative estimate of drug-likeness (QED) is 0.875. The zero-order valence-electron chi connectivity index (χ0n) is 11.5. The predicted molar refractivity (Wildman–Crippen MR) is 84.2 cm³/mol. The SMILES string of the molecule is C[C@H]1CCCC[C@@H]1NC(=O)COc1ccc(Cl)cc1Br. The Labute approximate surface area is 133 Å². The van der Waals surface area contributed by atoms with Gasteiger partial charge in [-0.25, -0.2) is 0 Å². The maximum Gasteiger partial charge on any atom is 0.258 e. The number of nitrogens with one attached hydrogen (secondary N) is 1. The van der Waals surface area contributed by atoms with Crippen LogP contribution in [0.5, 0.6) is 5.75 Å². The average Bonchev–Trinajstić information content (AvgIpc) is 2.40. The summed E-state index contributed by atoms with van der Waals surface area (Å²) >= 11 is 9.22. The molecule has 5 heteroatoms. The fraction of sp³-hybridized carbons (Fsp3) is 0.533. The van der Waals surface area contributed by atoms with E-state index in [-0.39, 0.29) is 18.6 Å². The zero-order chi connectivity index (χ0) is 14.5. The molecule has 1 aromatic carbocycles. The molecule has 0 heterocycles. The first-order valence-corrected chi connectivity index (χ1v) is 8.10. The van der Waals surface area contributed by atoms with E-state index in [1.807, 2.05) is 0 Å². The smallest absolute Gasteiger partial charge is 0.258 e. The summed E-state index contributed by atoms with van der Waals surface area (Å²) in [6, 6.07) is 5.53. The first-order valence-electron chi connectivity index (χ1n) is 6.93. The molecule has 1 N–H and O–H groups in total. The fourth-order valence-electron chi connectivity index (χ4n) is 2.51. The molecule has 0 unspecified atom stereocenters. The van der Waals surface area contributed by atoms with Crippen LogP contribution in [0.4, 0.5) is 0 Å². The van der Waals surface area contributed by atoms with Gasteiger partial charge in [-0.2, -0.15) is 0 Å². The highest BCUT2D eigenvalue weighted by Crippen LogP contribution is 2.28. The molecule has 0 spiro atoms. The van der Waals surface area contributed by atoms with E-state index >= 15 is 0 Å². The second kappa shape index (κ2) is 7.32. The topological polar surface area (TPSA) is 38.3 Å². The van der Waals surface area contributed by atoms with Crippen molar-refractivity contribution in [2.75, 3.05) is 6.61 Å². The highest BCUT2D eigenvalue weighted by molar-refractivity contribution is 9.10. The second-order valence-corrected chi connectivity index (χ2v) is 6.59. The summed E-state index contributed by atoms with van der Waals surface area (Å²) in [5.41, 5.74) is 0. The molecular formula is C15H19BrClNO2. The first-order chi connectivity index (χ1) is 9.56. The van der Waals surface area contributed by atoms with E-state index in [1.165, 1.54) is 19.3 Å². The molecule has 3 nitrogen and oxygen atoms in total. The van der Waals surface area contributed by atoms with Crippen molar-refractivity contribution in [3.8, 4) is 5.75 Å². The van der Waals surface area contributed by atoms with Crippen LogP contribution in [0, 0.1) is 5.92 Å². The molecule has 0 bridgehead atoms. The number of carbonyl (C=O) groups excluding carboxylic acids is 1. The van der Waals surface area contributed by atoms with Gasteiger partial charge >= 0.3 is 0 Å². The molecule has 0 radical (unpaired) electrons. The maximum absolute atomic E-state index is 11.9. The number of benzene rings is 1. The maximum atomic E-state index is 11.9. The summed E-state index contributed by atoms with van der Waals surface area (Å²) in [4.78, 5) is 11.9. The summed E-state index contributed by atoms with van der Waals surface area (Å²) in [7, 11) is 0. The lowest BCUT2D eigenvalue weighted by atomic mass is 9.86. The van der Waals surface area contributed by atoms with Gasteiger partial charge in [0.15, 0.2) is 6.61 Å². The van der Waals surface area contributed by atoms with Gasteiger partial charge in [0.25, 0.3) is 5.91 Å². The Morgan fingerprint density at radius 3 is 2.90 bits per heavy atom. The third-order valence-corrected chi connectivity index (χ3v) is 4.57. The monoisotopic (exact) mass is 359 g/mol. The van der Waals surface area contributed by atoms with Crippen LogP contribution in [0.25, 0.3) is 0 Å². The number of hydrogen-bond acceptors (Lipinski definition) is 2. The Morgan fingerprint density at radius 1 is 1.45 bits per heavy atom. The van der Waals surface area contributed by atoms with Crippen LogP contribution in [0.15, 0.2) is 22.7 Å². The third kappa shape index (κ3) is 4.38. The molecule has 0 aromatic heterocycles. The molecule has 1 aliphatic rings. The minimum absolute atomic E-state index is 0.0312. The molecule has 1 aromatic rings. The van der Waals surface area contributed by atoms with E-state index in [4.69, 9.17) is 16.3 Å². The number of halogens is 2. The van der Waals surface area contributed by atoms with Crippen LogP contribution in [0.1, 0.15) is 32.6 Å². The van der Waals surface area contributed by atoms with Crippen LogP contribution in [0.3, 0.4) is 0 Å². The minimum atomic E-state index is -0.0643. The number of ether oxygens (including phenoxy) is 1. The van der Waals surface area contributed by atoms with E-state index < -0.39 is 0 Å². The Morgan fingerprint density at radius 2 is 2.20 bits per heavy atom. The second-order valence-electron chi connectivity index (χ2n) is 5.30. The summed E-state index contributed by atoms with van der Waals surface area (Å²) in [6.07, 6.45) is 4.71. The van der Waals surface area contributed by atoms with E-state index in [2.05, 4.69) is 28.2 Å². The lowest BCUT2D eigenvalue weighted by Gasteiger charge is -2.29. The Kier molecular flexibility index (Phi) is 5.73. The highest BCUT2D eigenvalue weighted by atomic mass is 79.9. The van der Waals surface area contributed by atoms with Crippen molar-refractivity contribution < 1.29 is 9.53 Å². The van der Waals surface area contributed by atoms with E-state index in [9.17, 15) is 4.79 Å². The third-order valence-electron chi connectivity index (χ3n) is 3.71. The van der Waals surface area contributed by atoms with Gasteiger partial charge in [-0.15, -0.1) is 0 Å². The summed E-state index contributed by atoms with van der Waals surface area (Å²) in [6.45, 7) is 2.23. The van der Waals surface area contributed by atoms with Crippen molar-refractivity contribution in [3.63, 3.8) is 0 Å². The number of carbonyl (C=O) groups is 1. The van der Waals surface area contributed by atoms with Crippen molar-refractivity contribution in [2.45, 2.75) is 38.6 Å². The molecule has 1 fully saturated rings. The predicted octanol–water partition coefficient (Wildman–Crippen LogP) is 4.18. The molecule has 2 atom stereocenters. The van der Waals surface area contributed by atoms with Crippen LogP contribution >= 0.6 is 27.5 Å². The van der Waals surface area contributed by atoms with Crippen molar-refractivity contribution in [1.82, 2.24) is 5.32 Å². The fourth-order valence-corrected chi connectivity index (χ4v) is 3.31. The van der Waals surface area contributed by atoms with Crippen LogP contribution in [-0.4, -0.2) is 18.6 Å². The van der Waals surface area contributed by atoms with Gasteiger partial charge in [0, 0.05) is 11.1 Å². The Balaban J connectivity index is 1.82. The van der Waals surface area contributed by atoms with E-state index in [0.717, 1.165) is 10.9 Å². The number of hydrogen-bond donors (Lipinski definition) is 1. The van der Waals surface area contributed by atoms with Crippen molar-refractivity contribution in [3.05, 3.63) is 27.7 Å². The molecule has 20 heavy (non-hydrogen) atoms. The van der Waals surface area contributed by atoms with Crippen LogP contribution in [0.2, 0.25) is 5.02 Å². The molecule has 110 valence electrons. The lowest BCUT2D eigenvalue weighted by Crippen LogP contribution is -2.43. The first kappa shape index (κ1) is 15.6. The molecule has 1 aliphatic carbocycles. The summed E-state index contributed by atoms with van der Waals surface area (Å²) in [5, 5.41) is 3.69. The van der Waals surface area contributed by atoms with Gasteiger partial charge in [0.05, 0.1) is 4.47 Å². The molecule has 2 rings (SSSR count). The minimum Gasteiger partial charge on any atom is -0.483 e. The lowest BCUT2D eigenvalue weighted by molar-refractivity contribution is -0.124. The Hall–Kier alpha value is -0.740. The molecular weight excluding hydrogens is 342 g/mol. The molecule has 1 amide bonds. The average molecular weight is 361 g/mol. The summed E-state index contributed by atoms with van der Waals surface area (Å²) in [5.74, 6) is 1.11. The van der Waals surface area contributed by atoms with Crippen molar-refractivity contribution in [2.24, 2.45) is 5.92 Å². The number of amides is 1. The van der Waals surface area contributed by atoms with Crippen molar-refractivity contribution in [1.29, 1.82) is 0 Å².